The molecule has 0 aliphatic rings. The standard InChI is InChI=1S/C12H14O13.2H3N.Na.H/c13-5(14)1-11(24,9(20)21)4-8(19)25-12(10(22)23,2-6(15)16)3-7(17)18;;;;/h24H,1-4H2,(H,13,14)(H,15,16)(H,17,18)(H,20,21)(H,22,23);2*1H3;;/q;;;+1;-1. The van der Waals surface area contributed by atoms with Crippen LogP contribution in [0.3, 0.4) is 0 Å². The van der Waals surface area contributed by atoms with E-state index in [0.717, 1.165) is 0 Å². The number of aliphatic hydroxyl groups is 1. The van der Waals surface area contributed by atoms with Crippen molar-refractivity contribution in [2.75, 3.05) is 0 Å². The normalized spacial score (nSPS) is 11.9. The summed E-state index contributed by atoms with van der Waals surface area (Å²) in [6.07, 6.45) is -5.94. The Bertz CT molecular complexity index is 613. The summed E-state index contributed by atoms with van der Waals surface area (Å²) < 4.78 is 4.33. The van der Waals surface area contributed by atoms with Crippen molar-refractivity contribution in [2.45, 2.75) is 36.9 Å². The molecule has 16 heteroatoms. The Labute approximate surface area is 180 Å². The summed E-state index contributed by atoms with van der Waals surface area (Å²) in [7, 11) is 0. The first-order valence-electron chi connectivity index (χ1n) is 6.30. The Balaban J connectivity index is -0.000000480. The third-order valence-electron chi connectivity index (χ3n) is 2.85. The van der Waals surface area contributed by atoms with E-state index in [2.05, 4.69) is 4.74 Å². The maximum absolute atomic E-state index is 11.7. The number of esters is 1. The van der Waals surface area contributed by atoms with Crippen LogP contribution >= 0.6 is 0 Å². The molecular weight excluding hydrogens is 403 g/mol. The van der Waals surface area contributed by atoms with Gasteiger partial charge in [-0.1, -0.05) is 0 Å². The first-order chi connectivity index (χ1) is 11.2. The zero-order chi connectivity index (χ0) is 20.0. The fraction of sp³-hybridized carbons (Fsp3) is 0.500. The zero-order valence-electron chi connectivity index (χ0n) is 15.8. The van der Waals surface area contributed by atoms with Gasteiger partial charge in [-0.25, -0.2) is 9.59 Å². The minimum Gasteiger partial charge on any atom is -1.00 e. The number of carbonyl (C=O) groups is 6. The minimum absolute atomic E-state index is 0. The molecule has 0 bridgehead atoms. The summed E-state index contributed by atoms with van der Waals surface area (Å²) in [6, 6.07) is 0. The minimum atomic E-state index is -3.17. The molecule has 0 aliphatic heterocycles. The van der Waals surface area contributed by atoms with Gasteiger partial charge in [-0.2, -0.15) is 0 Å². The summed E-state index contributed by atoms with van der Waals surface area (Å²) in [5.74, 6) is -11.6. The summed E-state index contributed by atoms with van der Waals surface area (Å²) >= 11 is 0. The Morgan fingerprint density at radius 2 is 1.04 bits per heavy atom. The van der Waals surface area contributed by atoms with Crippen LogP contribution in [0.15, 0.2) is 0 Å². The molecule has 0 radical (unpaired) electrons. The first kappa shape index (κ1) is 33.3. The predicted molar refractivity (Wildman–Crippen MR) is 81.6 cm³/mol. The molecule has 12 N–H and O–H groups in total. The summed E-state index contributed by atoms with van der Waals surface area (Å²) in [5, 5.41) is 53.5. The van der Waals surface area contributed by atoms with Gasteiger partial charge in [0.15, 0.2) is 5.60 Å². The molecule has 0 rings (SSSR count). The average molecular weight is 424 g/mol. The van der Waals surface area contributed by atoms with Crippen LogP contribution in [0.25, 0.3) is 0 Å². The fourth-order valence-corrected chi connectivity index (χ4v) is 1.77. The van der Waals surface area contributed by atoms with Gasteiger partial charge in [-0.05, 0) is 0 Å². The van der Waals surface area contributed by atoms with Crippen molar-refractivity contribution in [1.29, 1.82) is 0 Å². The molecule has 0 aromatic heterocycles. The van der Waals surface area contributed by atoms with E-state index in [1.165, 1.54) is 0 Å². The van der Waals surface area contributed by atoms with Crippen molar-refractivity contribution in [3.05, 3.63) is 0 Å². The number of ether oxygens (including phenoxy) is 1. The second-order valence-electron chi connectivity index (χ2n) is 5.00. The Hall–Kier alpha value is -2.30. The second-order valence-corrected chi connectivity index (χ2v) is 5.00. The average Bonchev–Trinajstić information content (AvgIpc) is 2.34. The molecule has 1 unspecified atom stereocenters. The van der Waals surface area contributed by atoms with Crippen molar-refractivity contribution < 1.29 is 95.1 Å². The molecule has 15 nitrogen and oxygen atoms in total. The zero-order valence-corrected chi connectivity index (χ0v) is 16.8. The van der Waals surface area contributed by atoms with Crippen LogP contribution in [0.4, 0.5) is 0 Å². The van der Waals surface area contributed by atoms with Crippen LogP contribution in [0.5, 0.6) is 0 Å². The maximum atomic E-state index is 11.7. The van der Waals surface area contributed by atoms with Crippen molar-refractivity contribution in [2.24, 2.45) is 0 Å². The molecular formula is C12H21N2NaO13. The fourth-order valence-electron chi connectivity index (χ4n) is 1.77. The van der Waals surface area contributed by atoms with Crippen LogP contribution < -0.4 is 41.9 Å². The van der Waals surface area contributed by atoms with E-state index in [9.17, 15) is 33.9 Å². The Kier molecular flexibility index (Phi) is 15.4. The van der Waals surface area contributed by atoms with Crippen LogP contribution in [-0.2, 0) is 33.5 Å². The van der Waals surface area contributed by atoms with E-state index in [0.29, 0.717) is 0 Å². The van der Waals surface area contributed by atoms with Crippen molar-refractivity contribution in [1.82, 2.24) is 12.3 Å². The largest absolute Gasteiger partial charge is 1.00 e. The molecule has 0 amide bonds. The number of carboxylic acids is 5. The first-order valence-corrected chi connectivity index (χ1v) is 6.30. The number of aliphatic carboxylic acids is 5. The van der Waals surface area contributed by atoms with Crippen molar-refractivity contribution >= 4 is 35.8 Å². The molecule has 1 atom stereocenters. The van der Waals surface area contributed by atoms with E-state index in [-0.39, 0.29) is 43.3 Å². The molecule has 0 aromatic carbocycles. The molecule has 0 spiro atoms. The van der Waals surface area contributed by atoms with Crippen molar-refractivity contribution in [3.63, 3.8) is 0 Å². The molecule has 28 heavy (non-hydrogen) atoms. The summed E-state index contributed by atoms with van der Waals surface area (Å²) in [6.45, 7) is 0. The summed E-state index contributed by atoms with van der Waals surface area (Å²) in [4.78, 5) is 66.0. The van der Waals surface area contributed by atoms with Gasteiger partial charge >= 0.3 is 65.4 Å². The van der Waals surface area contributed by atoms with Crippen LogP contribution in [0.1, 0.15) is 27.1 Å². The van der Waals surface area contributed by atoms with E-state index in [1.807, 2.05) is 0 Å². The third kappa shape index (κ3) is 10.1. The van der Waals surface area contributed by atoms with Gasteiger partial charge in [0.2, 0.25) is 5.60 Å². The smallest absolute Gasteiger partial charge is 1.00 e. The monoisotopic (exact) mass is 424 g/mol. The SMILES string of the molecule is N.N.O=C(O)CC(O)(CC(=O)OC(CC(=O)O)(CC(=O)O)C(=O)O)C(=O)O.[H-].[Na+]. The number of carboxylic acid groups (broad SMARTS) is 5. The topological polar surface area (TPSA) is 303 Å². The molecule has 0 fully saturated rings. The van der Waals surface area contributed by atoms with E-state index in [1.54, 1.807) is 0 Å². The van der Waals surface area contributed by atoms with Gasteiger partial charge in [0.25, 0.3) is 0 Å². The van der Waals surface area contributed by atoms with E-state index >= 15 is 0 Å². The van der Waals surface area contributed by atoms with Gasteiger partial charge in [-0.3, -0.25) is 19.2 Å². The Morgan fingerprint density at radius 3 is 1.29 bits per heavy atom. The molecule has 158 valence electrons. The molecule has 0 saturated heterocycles. The second kappa shape index (κ2) is 13.0. The molecule has 0 heterocycles. The molecule has 0 saturated carbocycles. The van der Waals surface area contributed by atoms with Gasteiger partial charge in [0.1, 0.15) is 0 Å². The van der Waals surface area contributed by atoms with Crippen LogP contribution in [0.2, 0.25) is 0 Å². The van der Waals surface area contributed by atoms with Crippen LogP contribution in [-0.4, -0.2) is 77.7 Å². The van der Waals surface area contributed by atoms with Gasteiger partial charge in [-0.15, -0.1) is 0 Å². The number of hydrogen-bond acceptors (Lipinski definition) is 10. The van der Waals surface area contributed by atoms with Crippen molar-refractivity contribution in [3.8, 4) is 0 Å². The third-order valence-corrected chi connectivity index (χ3v) is 2.85. The van der Waals surface area contributed by atoms with Gasteiger partial charge in [0, 0.05) is 0 Å². The van der Waals surface area contributed by atoms with Gasteiger partial charge < -0.3 is 49.1 Å². The number of rotatable bonds is 11. The van der Waals surface area contributed by atoms with E-state index < -0.39 is 72.7 Å². The maximum Gasteiger partial charge on any atom is 1.00 e. The van der Waals surface area contributed by atoms with Crippen LogP contribution in [0, 0.1) is 0 Å². The molecule has 0 aromatic rings. The Morgan fingerprint density at radius 1 is 0.679 bits per heavy atom. The summed E-state index contributed by atoms with van der Waals surface area (Å²) in [5.41, 5.74) is -6.24. The quantitative estimate of drug-likeness (QED) is 0.114. The molecule has 0 aliphatic carbocycles. The van der Waals surface area contributed by atoms with Gasteiger partial charge in [0.05, 0.1) is 25.7 Å². The number of hydrogen-bond donors (Lipinski definition) is 8. The van der Waals surface area contributed by atoms with E-state index in [4.69, 9.17) is 25.5 Å². The number of carbonyl (C=O) groups excluding carboxylic acids is 1. The predicted octanol–water partition coefficient (Wildman–Crippen LogP) is -4.58.